The van der Waals surface area contributed by atoms with Crippen LogP contribution in [-0.4, -0.2) is 28.7 Å². The number of fused-ring (bicyclic) bond motifs is 9. The van der Waals surface area contributed by atoms with Crippen molar-refractivity contribution in [3.8, 4) is 50.7 Å². The molecule has 13 aromatic rings. The van der Waals surface area contributed by atoms with Crippen molar-refractivity contribution in [1.82, 2.24) is 28.7 Å². The summed E-state index contributed by atoms with van der Waals surface area (Å²) in [5.41, 5.74) is 16.2. The molecule has 0 radical (unpaired) electrons. The fraction of sp³-hybridized carbons (Fsp3) is 0. The summed E-state index contributed by atoms with van der Waals surface area (Å²) < 4.78 is 6.95. The minimum Gasteiger partial charge on any atom is -0.308 e. The summed E-state index contributed by atoms with van der Waals surface area (Å²) in [7, 11) is 0. The van der Waals surface area contributed by atoms with Gasteiger partial charge in [0.1, 0.15) is 5.82 Å². The fourth-order valence-corrected chi connectivity index (χ4v) is 9.73. The highest BCUT2D eigenvalue weighted by atomic mass is 15.1. The molecule has 0 amide bonds. The molecule has 294 valence electrons. The molecular formula is C57H36N6. The third-order valence-corrected chi connectivity index (χ3v) is 12.6. The number of benzene rings is 7. The van der Waals surface area contributed by atoms with Crippen LogP contribution in [0.15, 0.2) is 219 Å². The Morgan fingerprint density at radius 2 is 0.873 bits per heavy atom. The topological polar surface area (TPSA) is 53.5 Å². The number of hydrogen-bond acceptors (Lipinski definition) is 3. The lowest BCUT2D eigenvalue weighted by Crippen LogP contribution is -2.00. The Balaban J connectivity index is 0.984. The molecule has 0 atom stereocenters. The van der Waals surface area contributed by atoms with Gasteiger partial charge in [-0.3, -0.25) is 14.5 Å². The Morgan fingerprint density at radius 3 is 1.63 bits per heavy atom. The van der Waals surface area contributed by atoms with Crippen LogP contribution in [0, 0.1) is 0 Å². The molecular weight excluding hydrogens is 769 g/mol. The number of aromatic nitrogens is 6. The highest BCUT2D eigenvalue weighted by Crippen LogP contribution is 2.40. The zero-order valence-corrected chi connectivity index (χ0v) is 34.0. The van der Waals surface area contributed by atoms with E-state index in [1.807, 2.05) is 30.7 Å². The average Bonchev–Trinajstić information content (AvgIpc) is 4.00. The van der Waals surface area contributed by atoms with Crippen molar-refractivity contribution in [2.75, 3.05) is 0 Å². The minimum atomic E-state index is 0.883. The van der Waals surface area contributed by atoms with E-state index in [9.17, 15) is 0 Å². The van der Waals surface area contributed by atoms with Crippen molar-refractivity contribution in [3.05, 3.63) is 219 Å². The largest absolute Gasteiger partial charge is 0.308 e. The first-order chi connectivity index (χ1) is 31.2. The van der Waals surface area contributed by atoms with Gasteiger partial charge in [0, 0.05) is 38.7 Å². The number of rotatable bonds is 6. The average molecular weight is 805 g/mol. The first kappa shape index (κ1) is 35.2. The Bertz CT molecular complexity index is 3800. The predicted octanol–water partition coefficient (Wildman–Crippen LogP) is 14.2. The molecule has 6 aromatic heterocycles. The summed E-state index contributed by atoms with van der Waals surface area (Å²) >= 11 is 0. The van der Waals surface area contributed by atoms with Gasteiger partial charge in [0.15, 0.2) is 0 Å². The fourth-order valence-electron chi connectivity index (χ4n) is 9.73. The summed E-state index contributed by atoms with van der Waals surface area (Å²) in [6.07, 6.45) is 5.78. The van der Waals surface area contributed by atoms with Crippen LogP contribution in [0.2, 0.25) is 0 Å². The molecule has 6 nitrogen and oxygen atoms in total. The van der Waals surface area contributed by atoms with Gasteiger partial charge in [-0.2, -0.15) is 0 Å². The van der Waals surface area contributed by atoms with Gasteiger partial charge >= 0.3 is 0 Å². The molecule has 0 saturated heterocycles. The van der Waals surface area contributed by atoms with Gasteiger partial charge in [-0.1, -0.05) is 133 Å². The van der Waals surface area contributed by atoms with E-state index in [0.29, 0.717) is 0 Å². The molecule has 0 saturated carbocycles. The van der Waals surface area contributed by atoms with E-state index in [1.54, 1.807) is 0 Å². The third-order valence-electron chi connectivity index (χ3n) is 12.6. The number of hydrogen-bond donors (Lipinski definition) is 0. The highest BCUT2D eigenvalue weighted by Gasteiger charge is 2.19. The van der Waals surface area contributed by atoms with Crippen LogP contribution in [0.4, 0.5) is 0 Å². The van der Waals surface area contributed by atoms with Crippen LogP contribution in [-0.2, 0) is 0 Å². The molecule has 7 aromatic carbocycles. The van der Waals surface area contributed by atoms with Crippen LogP contribution in [0.1, 0.15) is 0 Å². The molecule has 0 bridgehead atoms. The molecule has 0 aliphatic heterocycles. The Labute approximate surface area is 362 Å². The van der Waals surface area contributed by atoms with Crippen molar-refractivity contribution >= 4 is 65.5 Å². The van der Waals surface area contributed by atoms with Crippen molar-refractivity contribution in [1.29, 1.82) is 0 Å². The highest BCUT2D eigenvalue weighted by molar-refractivity contribution is 6.13. The molecule has 0 aliphatic carbocycles. The molecule has 0 spiro atoms. The first-order valence-electron chi connectivity index (χ1n) is 21.3. The maximum absolute atomic E-state index is 5.35. The van der Waals surface area contributed by atoms with E-state index in [4.69, 9.17) is 15.0 Å². The SMILES string of the molecule is c1ccc(-c2cc(-c3ccccc3)nc(-n3c4ccccc4c4cc(-c5ccc6c7ccccc7n(-c7cncc(-n8c9ccccc9c9ncccc98)c7)c6c5)ccc43)c2)cc1. The normalized spacial score (nSPS) is 11.8. The first-order valence-corrected chi connectivity index (χ1v) is 21.3. The molecule has 63 heavy (non-hydrogen) atoms. The van der Waals surface area contributed by atoms with Gasteiger partial charge in [0.25, 0.3) is 0 Å². The monoisotopic (exact) mass is 804 g/mol. The van der Waals surface area contributed by atoms with Crippen molar-refractivity contribution in [3.63, 3.8) is 0 Å². The number of para-hydroxylation sites is 3. The lowest BCUT2D eigenvalue weighted by atomic mass is 10.0. The second-order valence-corrected chi connectivity index (χ2v) is 16.1. The molecule has 0 unspecified atom stereocenters. The molecule has 6 heteroatoms. The zero-order chi connectivity index (χ0) is 41.4. The zero-order valence-electron chi connectivity index (χ0n) is 34.0. The summed E-state index contributed by atoms with van der Waals surface area (Å²) in [4.78, 5) is 15.0. The van der Waals surface area contributed by atoms with E-state index in [-0.39, 0.29) is 0 Å². The third kappa shape index (κ3) is 5.55. The standard InChI is InChI=1S/C57H36N6/c1-3-14-37(15-4-1)41-31-49(38-16-5-2-6-17-38)60-56(33-41)63-51-22-11-8-19-45(51)48-30-39(26-28-53(48)63)40-25-27-46-44-18-7-10-21-50(44)62(55(46)32-40)43-34-42(35-58-36-43)61-52-23-12-9-20-47(52)57-54(61)24-13-29-59-57/h1-36H. The Morgan fingerprint density at radius 1 is 0.317 bits per heavy atom. The smallest absolute Gasteiger partial charge is 0.138 e. The quantitative estimate of drug-likeness (QED) is 0.168. The Hall–Kier alpha value is -8.61. The van der Waals surface area contributed by atoms with Crippen molar-refractivity contribution < 1.29 is 0 Å². The van der Waals surface area contributed by atoms with Gasteiger partial charge in [-0.15, -0.1) is 0 Å². The molecule has 0 aliphatic rings. The molecule has 0 N–H and O–H groups in total. The maximum atomic E-state index is 5.35. The Kier molecular flexibility index (Phi) is 7.80. The van der Waals surface area contributed by atoms with Gasteiger partial charge in [0.2, 0.25) is 0 Å². The van der Waals surface area contributed by atoms with E-state index in [0.717, 1.165) is 94.7 Å². The summed E-state index contributed by atoms with van der Waals surface area (Å²) in [6, 6.07) is 71.4. The van der Waals surface area contributed by atoms with Crippen LogP contribution in [0.5, 0.6) is 0 Å². The van der Waals surface area contributed by atoms with Gasteiger partial charge in [-0.25, -0.2) is 4.98 Å². The molecule has 6 heterocycles. The van der Waals surface area contributed by atoms with Crippen LogP contribution < -0.4 is 0 Å². The molecule has 0 fully saturated rings. The number of nitrogens with zero attached hydrogens (tertiary/aromatic N) is 6. The van der Waals surface area contributed by atoms with Crippen molar-refractivity contribution in [2.24, 2.45) is 0 Å². The van der Waals surface area contributed by atoms with E-state index < -0.39 is 0 Å². The summed E-state index contributed by atoms with van der Waals surface area (Å²) in [5, 5.41) is 5.87. The van der Waals surface area contributed by atoms with Gasteiger partial charge in [0.05, 0.1) is 68.1 Å². The maximum Gasteiger partial charge on any atom is 0.138 e. The second-order valence-electron chi connectivity index (χ2n) is 16.1. The van der Waals surface area contributed by atoms with Crippen molar-refractivity contribution in [2.45, 2.75) is 0 Å². The summed E-state index contributed by atoms with van der Waals surface area (Å²) in [6.45, 7) is 0. The summed E-state index contributed by atoms with van der Waals surface area (Å²) in [5.74, 6) is 0.883. The van der Waals surface area contributed by atoms with E-state index >= 15 is 0 Å². The predicted molar refractivity (Wildman–Crippen MR) is 259 cm³/mol. The minimum absolute atomic E-state index is 0.883. The second kappa shape index (κ2) is 14.0. The van der Waals surface area contributed by atoms with Crippen LogP contribution in [0.3, 0.4) is 0 Å². The van der Waals surface area contributed by atoms with E-state index in [2.05, 4.69) is 202 Å². The molecule has 13 rings (SSSR count). The van der Waals surface area contributed by atoms with Gasteiger partial charge < -0.3 is 9.13 Å². The van der Waals surface area contributed by atoms with Gasteiger partial charge in [-0.05, 0) is 89.0 Å². The van der Waals surface area contributed by atoms with Crippen LogP contribution in [0.25, 0.3) is 116 Å². The lowest BCUT2D eigenvalue weighted by Gasteiger charge is -2.13. The number of pyridine rings is 3. The van der Waals surface area contributed by atoms with Crippen LogP contribution >= 0.6 is 0 Å². The lowest BCUT2D eigenvalue weighted by molar-refractivity contribution is 1.08. The van der Waals surface area contributed by atoms with E-state index in [1.165, 1.54) is 21.5 Å².